The highest BCUT2D eigenvalue weighted by molar-refractivity contribution is 5.85. The molecule has 0 bridgehead atoms. The van der Waals surface area contributed by atoms with Gasteiger partial charge in [-0.2, -0.15) is 0 Å². The highest BCUT2D eigenvalue weighted by atomic mass is 16.5. The van der Waals surface area contributed by atoms with Crippen LogP contribution in [0, 0.1) is 5.92 Å². The monoisotopic (exact) mass is 338 g/mol. The summed E-state index contributed by atoms with van der Waals surface area (Å²) in [5.74, 6) is 1.59. The third kappa shape index (κ3) is 5.46. The Balaban J connectivity index is 1.92. The molecule has 0 aliphatic carbocycles. The summed E-state index contributed by atoms with van der Waals surface area (Å²) < 4.78 is 11.3. The van der Waals surface area contributed by atoms with Crippen molar-refractivity contribution >= 4 is 5.84 Å². The summed E-state index contributed by atoms with van der Waals surface area (Å²) >= 11 is 0. The van der Waals surface area contributed by atoms with Crippen molar-refractivity contribution in [2.24, 2.45) is 16.6 Å². The minimum absolute atomic E-state index is 0.231. The number of hydrogen-bond donors (Lipinski definition) is 1. The van der Waals surface area contributed by atoms with E-state index in [4.69, 9.17) is 15.2 Å². The molecule has 6 nitrogen and oxygen atoms in total. The summed E-state index contributed by atoms with van der Waals surface area (Å²) in [5.41, 5.74) is 6.18. The molecule has 6 heteroatoms. The summed E-state index contributed by atoms with van der Waals surface area (Å²) in [6, 6.07) is 0.279. The number of morpholine rings is 1. The van der Waals surface area contributed by atoms with Crippen molar-refractivity contribution in [3.05, 3.63) is 12.0 Å². The van der Waals surface area contributed by atoms with Crippen molar-refractivity contribution in [2.45, 2.75) is 39.7 Å². The number of ether oxygens (including phenoxy) is 2. The minimum Gasteiger partial charge on any atom is -0.476 e. The molecular weight excluding hydrogens is 304 g/mol. The van der Waals surface area contributed by atoms with E-state index in [0.717, 1.165) is 58.8 Å². The van der Waals surface area contributed by atoms with Gasteiger partial charge in [-0.25, -0.2) is 4.99 Å². The molecule has 2 aliphatic heterocycles. The number of rotatable bonds is 9. The van der Waals surface area contributed by atoms with Gasteiger partial charge in [0.15, 0.2) is 0 Å². The van der Waals surface area contributed by atoms with Gasteiger partial charge in [0.25, 0.3) is 0 Å². The molecule has 1 saturated heterocycles. The zero-order valence-electron chi connectivity index (χ0n) is 15.5. The lowest BCUT2D eigenvalue weighted by Crippen LogP contribution is -2.46. The Morgan fingerprint density at radius 2 is 1.96 bits per heavy atom. The number of nitrogens with two attached hydrogens (primary N) is 1. The van der Waals surface area contributed by atoms with E-state index in [9.17, 15) is 0 Å². The van der Waals surface area contributed by atoms with Gasteiger partial charge in [-0.1, -0.05) is 20.8 Å². The van der Waals surface area contributed by atoms with Crippen molar-refractivity contribution in [3.63, 3.8) is 0 Å². The summed E-state index contributed by atoms with van der Waals surface area (Å²) in [6.45, 7) is 13.9. The zero-order chi connectivity index (χ0) is 17.4. The van der Waals surface area contributed by atoms with E-state index in [1.807, 2.05) is 0 Å². The summed E-state index contributed by atoms with van der Waals surface area (Å²) in [7, 11) is 0. The normalized spacial score (nSPS) is 25.5. The third-order valence-corrected chi connectivity index (χ3v) is 4.74. The van der Waals surface area contributed by atoms with Crippen LogP contribution < -0.4 is 5.73 Å². The maximum Gasteiger partial charge on any atom is 0.212 e. The van der Waals surface area contributed by atoms with E-state index < -0.39 is 0 Å². The number of hydrogen-bond acceptors (Lipinski definition) is 6. The van der Waals surface area contributed by atoms with Crippen LogP contribution in [0.3, 0.4) is 0 Å². The zero-order valence-corrected chi connectivity index (χ0v) is 15.5. The van der Waals surface area contributed by atoms with Crippen LogP contribution in [0.5, 0.6) is 0 Å². The molecular formula is C18H34N4O2. The molecule has 0 amide bonds. The molecule has 0 aromatic carbocycles. The highest BCUT2D eigenvalue weighted by Gasteiger charge is 2.28. The molecule has 2 aliphatic rings. The molecule has 0 spiro atoms. The topological polar surface area (TPSA) is 63.3 Å². The quantitative estimate of drug-likeness (QED) is 0.693. The Labute approximate surface area is 146 Å². The maximum atomic E-state index is 6.18. The molecule has 2 N–H and O–H groups in total. The fourth-order valence-electron chi connectivity index (χ4n) is 3.32. The van der Waals surface area contributed by atoms with Crippen LogP contribution in [0.4, 0.5) is 0 Å². The van der Waals surface area contributed by atoms with Gasteiger partial charge in [0.1, 0.15) is 12.4 Å². The number of nitrogens with zero attached hydrogens (tertiary/aromatic N) is 3. The lowest BCUT2D eigenvalue weighted by molar-refractivity contribution is 0.0270. The fraction of sp³-hybridized carbons (Fsp3) is 0.833. The maximum absolute atomic E-state index is 6.18. The number of amidine groups is 1. The molecule has 2 rings (SSSR count). The minimum atomic E-state index is 0.231. The summed E-state index contributed by atoms with van der Waals surface area (Å²) in [5, 5.41) is 0. The van der Waals surface area contributed by atoms with Crippen LogP contribution >= 0.6 is 0 Å². The first-order valence-electron chi connectivity index (χ1n) is 9.38. The van der Waals surface area contributed by atoms with Crippen LogP contribution in [0.1, 0.15) is 33.6 Å². The average Bonchev–Trinajstić information content (AvgIpc) is 2.59. The Bertz CT molecular complexity index is 427. The number of aliphatic imine (C=N–C) groups is 1. The predicted molar refractivity (Wildman–Crippen MR) is 98.0 cm³/mol. The van der Waals surface area contributed by atoms with Crippen molar-refractivity contribution in [2.75, 3.05) is 52.5 Å². The smallest absolute Gasteiger partial charge is 0.212 e. The molecule has 0 saturated carbocycles. The Hall–Kier alpha value is -1.11. The molecule has 24 heavy (non-hydrogen) atoms. The molecule has 0 aromatic heterocycles. The SMILES string of the molecule is CCCN(CCC)C1C=C(OCCN2CCOCC2)N=C(N)C1C. The molecule has 138 valence electrons. The van der Waals surface area contributed by atoms with Gasteiger partial charge in [-0.3, -0.25) is 9.80 Å². The largest absolute Gasteiger partial charge is 0.476 e. The van der Waals surface area contributed by atoms with Gasteiger partial charge < -0.3 is 15.2 Å². The van der Waals surface area contributed by atoms with Gasteiger partial charge >= 0.3 is 0 Å². The molecule has 0 aromatic rings. The summed E-state index contributed by atoms with van der Waals surface area (Å²) in [6.07, 6.45) is 4.44. The van der Waals surface area contributed by atoms with Crippen LogP contribution in [-0.2, 0) is 9.47 Å². The van der Waals surface area contributed by atoms with E-state index in [1.54, 1.807) is 0 Å². The molecule has 2 atom stereocenters. The molecule has 1 fully saturated rings. The molecule has 0 radical (unpaired) electrons. The van der Waals surface area contributed by atoms with Crippen LogP contribution in [0.15, 0.2) is 17.0 Å². The standard InChI is InChI=1S/C18H34N4O2/c1-4-6-22(7-5-2)16-14-17(20-18(19)15(16)3)24-13-10-21-8-11-23-12-9-21/h14-16H,4-13H2,1-3H3,(H2,19,20). The second-order valence-electron chi connectivity index (χ2n) is 6.66. The van der Waals surface area contributed by atoms with E-state index in [-0.39, 0.29) is 12.0 Å². The van der Waals surface area contributed by atoms with Gasteiger partial charge in [-0.15, -0.1) is 0 Å². The second-order valence-corrected chi connectivity index (χ2v) is 6.66. The first-order valence-corrected chi connectivity index (χ1v) is 9.38. The first kappa shape index (κ1) is 19.2. The van der Waals surface area contributed by atoms with E-state index in [1.165, 1.54) is 0 Å². The van der Waals surface area contributed by atoms with Crippen molar-refractivity contribution in [3.8, 4) is 0 Å². The van der Waals surface area contributed by atoms with Crippen molar-refractivity contribution in [1.82, 2.24) is 9.80 Å². The fourth-order valence-corrected chi connectivity index (χ4v) is 3.32. The van der Waals surface area contributed by atoms with Crippen molar-refractivity contribution in [1.29, 1.82) is 0 Å². The van der Waals surface area contributed by atoms with E-state index >= 15 is 0 Å². The van der Waals surface area contributed by atoms with E-state index in [2.05, 4.69) is 41.6 Å². The summed E-state index contributed by atoms with van der Waals surface area (Å²) in [4.78, 5) is 9.32. The first-order chi connectivity index (χ1) is 11.7. The van der Waals surface area contributed by atoms with E-state index in [0.29, 0.717) is 18.3 Å². The third-order valence-electron chi connectivity index (χ3n) is 4.74. The van der Waals surface area contributed by atoms with Gasteiger partial charge in [-0.05, 0) is 32.0 Å². The van der Waals surface area contributed by atoms with Crippen LogP contribution in [0.2, 0.25) is 0 Å². The lowest BCUT2D eigenvalue weighted by Gasteiger charge is -2.35. The molecule has 2 unspecified atom stereocenters. The Morgan fingerprint density at radius 1 is 1.29 bits per heavy atom. The van der Waals surface area contributed by atoms with Gasteiger partial charge in [0.2, 0.25) is 5.88 Å². The van der Waals surface area contributed by atoms with Crippen LogP contribution in [-0.4, -0.2) is 74.2 Å². The Morgan fingerprint density at radius 3 is 2.58 bits per heavy atom. The highest BCUT2D eigenvalue weighted by Crippen LogP contribution is 2.22. The van der Waals surface area contributed by atoms with Gasteiger partial charge in [0, 0.05) is 31.6 Å². The second kappa shape index (κ2) is 10.0. The van der Waals surface area contributed by atoms with Gasteiger partial charge in [0.05, 0.1) is 13.2 Å². The van der Waals surface area contributed by atoms with Crippen LogP contribution in [0.25, 0.3) is 0 Å². The molecule has 2 heterocycles. The average molecular weight is 338 g/mol. The van der Waals surface area contributed by atoms with Crippen molar-refractivity contribution < 1.29 is 9.47 Å². The Kier molecular flexibility index (Phi) is 8.02. The predicted octanol–water partition coefficient (Wildman–Crippen LogP) is 1.67. The lowest BCUT2D eigenvalue weighted by atomic mass is 9.96.